The predicted octanol–water partition coefficient (Wildman–Crippen LogP) is 3.63. The Balaban J connectivity index is 1.77. The van der Waals surface area contributed by atoms with Crippen molar-refractivity contribution in [3.8, 4) is 0 Å². The van der Waals surface area contributed by atoms with E-state index in [9.17, 15) is 0 Å². The number of rotatable bonds is 5. The van der Waals surface area contributed by atoms with Crippen molar-refractivity contribution in [1.29, 1.82) is 0 Å². The summed E-state index contributed by atoms with van der Waals surface area (Å²) in [6, 6.07) is 0.789. The molecule has 3 rings (SSSR count). The van der Waals surface area contributed by atoms with E-state index in [-0.39, 0.29) is 0 Å². The Labute approximate surface area is 127 Å². The van der Waals surface area contributed by atoms with Crippen molar-refractivity contribution in [2.75, 3.05) is 6.54 Å². The number of hydrogen-bond acceptors (Lipinski definition) is 2. The fourth-order valence-corrected chi connectivity index (χ4v) is 3.82. The highest BCUT2D eigenvalue weighted by Gasteiger charge is 2.35. The van der Waals surface area contributed by atoms with E-state index < -0.39 is 0 Å². The summed E-state index contributed by atoms with van der Waals surface area (Å²) < 4.78 is 1.99. The zero-order valence-corrected chi connectivity index (χ0v) is 13.5. The second-order valence-electron chi connectivity index (χ2n) is 6.86. The Morgan fingerprint density at radius 1 is 1.30 bits per heavy atom. The molecule has 2 saturated carbocycles. The van der Waals surface area contributed by atoms with Crippen LogP contribution < -0.4 is 5.32 Å². The number of aryl methyl sites for hydroxylation is 2. The summed E-state index contributed by atoms with van der Waals surface area (Å²) in [5, 5.41) is 9.12. The summed E-state index contributed by atoms with van der Waals surface area (Å²) >= 11 is 6.47. The Hall–Kier alpha value is -0.540. The van der Waals surface area contributed by atoms with Crippen LogP contribution in [0, 0.1) is 12.3 Å². The first-order chi connectivity index (χ1) is 9.60. The molecule has 2 aliphatic carbocycles. The van der Waals surface area contributed by atoms with Crippen LogP contribution in [0.25, 0.3) is 0 Å². The van der Waals surface area contributed by atoms with Crippen molar-refractivity contribution in [2.24, 2.45) is 12.5 Å². The lowest BCUT2D eigenvalue weighted by Crippen LogP contribution is -2.39. The van der Waals surface area contributed by atoms with Crippen LogP contribution in [0.1, 0.15) is 56.3 Å². The van der Waals surface area contributed by atoms with E-state index in [0.29, 0.717) is 5.41 Å². The van der Waals surface area contributed by atoms with Gasteiger partial charge in [0.2, 0.25) is 0 Å². The first-order valence-corrected chi connectivity index (χ1v) is 8.39. The van der Waals surface area contributed by atoms with Crippen LogP contribution in [0.15, 0.2) is 0 Å². The maximum atomic E-state index is 6.47. The van der Waals surface area contributed by atoms with Crippen molar-refractivity contribution < 1.29 is 0 Å². The van der Waals surface area contributed by atoms with Gasteiger partial charge >= 0.3 is 0 Å². The van der Waals surface area contributed by atoms with Crippen LogP contribution in [0.4, 0.5) is 0 Å². The quantitative estimate of drug-likeness (QED) is 0.899. The second-order valence-corrected chi connectivity index (χ2v) is 7.24. The molecule has 1 N–H and O–H groups in total. The molecule has 0 radical (unpaired) electrons. The van der Waals surface area contributed by atoms with Gasteiger partial charge in [-0.2, -0.15) is 5.10 Å². The summed E-state index contributed by atoms with van der Waals surface area (Å²) in [4.78, 5) is 0. The van der Waals surface area contributed by atoms with E-state index in [1.165, 1.54) is 50.6 Å². The molecule has 20 heavy (non-hydrogen) atoms. The highest BCUT2D eigenvalue weighted by molar-refractivity contribution is 6.31. The first-order valence-electron chi connectivity index (χ1n) is 8.01. The molecule has 0 amide bonds. The van der Waals surface area contributed by atoms with Crippen LogP contribution in [0.5, 0.6) is 0 Å². The number of aromatic nitrogens is 2. The Bertz CT molecular complexity index is 470. The van der Waals surface area contributed by atoms with Crippen LogP contribution in [0.2, 0.25) is 5.02 Å². The van der Waals surface area contributed by atoms with Gasteiger partial charge in [0.15, 0.2) is 0 Å². The van der Waals surface area contributed by atoms with Gasteiger partial charge in [-0.25, -0.2) is 0 Å². The van der Waals surface area contributed by atoms with Gasteiger partial charge in [0, 0.05) is 19.6 Å². The first kappa shape index (κ1) is 14.4. The molecule has 1 heterocycles. The minimum atomic E-state index is 0.394. The van der Waals surface area contributed by atoms with Crippen LogP contribution in [-0.2, 0) is 13.5 Å². The third-order valence-electron chi connectivity index (χ3n) is 5.06. The Morgan fingerprint density at radius 2 is 2.00 bits per heavy atom. The zero-order valence-electron chi connectivity index (χ0n) is 12.7. The molecule has 4 heteroatoms. The standard InChI is InChI=1S/C16H26ClN3/c1-12-15(17)14(20(2)19-12)10-16(8-4-3-5-9-16)11-18-13-6-7-13/h13,18H,3-11H2,1-2H3. The van der Waals surface area contributed by atoms with Crippen LogP contribution >= 0.6 is 11.6 Å². The van der Waals surface area contributed by atoms with Gasteiger partial charge in [-0.05, 0) is 44.4 Å². The summed E-state index contributed by atoms with van der Waals surface area (Å²) in [6.07, 6.45) is 10.6. The molecule has 1 aromatic heterocycles. The van der Waals surface area contributed by atoms with Crippen molar-refractivity contribution >= 4 is 11.6 Å². The molecule has 0 atom stereocenters. The molecule has 2 fully saturated rings. The topological polar surface area (TPSA) is 29.9 Å². The maximum Gasteiger partial charge on any atom is 0.0847 e. The van der Waals surface area contributed by atoms with E-state index in [0.717, 1.165) is 29.7 Å². The molecule has 0 bridgehead atoms. The highest BCUT2D eigenvalue weighted by Crippen LogP contribution is 2.41. The minimum Gasteiger partial charge on any atom is -0.313 e. The van der Waals surface area contributed by atoms with Crippen molar-refractivity contribution in [3.63, 3.8) is 0 Å². The number of hydrogen-bond donors (Lipinski definition) is 1. The van der Waals surface area contributed by atoms with Gasteiger partial charge in [0.05, 0.1) is 16.4 Å². The maximum absolute atomic E-state index is 6.47. The molecule has 112 valence electrons. The monoisotopic (exact) mass is 295 g/mol. The molecule has 0 saturated heterocycles. The number of nitrogens with zero attached hydrogens (tertiary/aromatic N) is 2. The number of halogens is 1. The van der Waals surface area contributed by atoms with Gasteiger partial charge in [-0.3, -0.25) is 4.68 Å². The van der Waals surface area contributed by atoms with Crippen molar-refractivity contribution in [3.05, 3.63) is 16.4 Å². The SMILES string of the molecule is Cc1nn(C)c(CC2(CNC3CC3)CCCCC2)c1Cl. The minimum absolute atomic E-state index is 0.394. The van der Waals surface area contributed by atoms with E-state index in [1.807, 2.05) is 18.7 Å². The molecule has 0 unspecified atom stereocenters. The van der Waals surface area contributed by atoms with Crippen molar-refractivity contribution in [1.82, 2.24) is 15.1 Å². The normalized spacial score (nSPS) is 22.1. The molecule has 3 nitrogen and oxygen atoms in total. The van der Waals surface area contributed by atoms with E-state index in [4.69, 9.17) is 11.6 Å². The lowest BCUT2D eigenvalue weighted by molar-refractivity contribution is 0.176. The molecule has 1 aromatic rings. The van der Waals surface area contributed by atoms with Crippen LogP contribution in [-0.4, -0.2) is 22.4 Å². The summed E-state index contributed by atoms with van der Waals surface area (Å²) in [6.45, 7) is 3.15. The van der Waals surface area contributed by atoms with Crippen LogP contribution in [0.3, 0.4) is 0 Å². The van der Waals surface area contributed by atoms with Crippen molar-refractivity contribution in [2.45, 2.75) is 64.3 Å². The average molecular weight is 296 g/mol. The Morgan fingerprint density at radius 3 is 2.55 bits per heavy atom. The molecular weight excluding hydrogens is 270 g/mol. The zero-order chi connectivity index (χ0) is 14.2. The van der Waals surface area contributed by atoms with E-state index in [1.54, 1.807) is 0 Å². The van der Waals surface area contributed by atoms with E-state index >= 15 is 0 Å². The third kappa shape index (κ3) is 3.04. The third-order valence-corrected chi connectivity index (χ3v) is 5.55. The molecule has 0 aromatic carbocycles. The van der Waals surface area contributed by atoms with Gasteiger partial charge in [-0.15, -0.1) is 0 Å². The fourth-order valence-electron chi connectivity index (χ4n) is 3.59. The van der Waals surface area contributed by atoms with Gasteiger partial charge in [-0.1, -0.05) is 30.9 Å². The number of nitrogens with one attached hydrogen (secondary N) is 1. The molecule has 0 aliphatic heterocycles. The summed E-state index contributed by atoms with van der Waals surface area (Å²) in [5.74, 6) is 0. The van der Waals surface area contributed by atoms with E-state index in [2.05, 4.69) is 10.4 Å². The summed E-state index contributed by atoms with van der Waals surface area (Å²) in [7, 11) is 2.03. The second kappa shape index (κ2) is 5.69. The highest BCUT2D eigenvalue weighted by atomic mass is 35.5. The average Bonchev–Trinajstić information content (AvgIpc) is 3.23. The molecule has 2 aliphatic rings. The van der Waals surface area contributed by atoms with Gasteiger partial charge < -0.3 is 5.32 Å². The van der Waals surface area contributed by atoms with Gasteiger partial charge in [0.25, 0.3) is 0 Å². The molecular formula is C16H26ClN3. The summed E-state index contributed by atoms with van der Waals surface area (Å²) in [5.41, 5.74) is 2.58. The lowest BCUT2D eigenvalue weighted by Gasteiger charge is -2.38. The molecule has 0 spiro atoms. The largest absolute Gasteiger partial charge is 0.313 e. The lowest BCUT2D eigenvalue weighted by atomic mass is 9.71. The fraction of sp³-hybridized carbons (Fsp3) is 0.812. The predicted molar refractivity (Wildman–Crippen MR) is 83.2 cm³/mol. The smallest absolute Gasteiger partial charge is 0.0847 e. The Kier molecular flexibility index (Phi) is 4.09. The van der Waals surface area contributed by atoms with Gasteiger partial charge in [0.1, 0.15) is 0 Å².